The van der Waals surface area contributed by atoms with E-state index in [4.69, 9.17) is 0 Å². The van der Waals surface area contributed by atoms with Crippen LogP contribution in [-0.2, 0) is 41.5 Å². The van der Waals surface area contributed by atoms with Crippen LogP contribution in [0.15, 0.2) is 48.6 Å². The number of allylic oxidation sites excluding steroid dienone is 4. The molecule has 0 aromatic heterocycles. The molecule has 0 N–H and O–H groups in total. The minimum Gasteiger partial charge on any atom is -1.00 e. The van der Waals surface area contributed by atoms with Gasteiger partial charge in [0, 0.05) is 0 Å². The Hall–Kier alpha value is -0.747. The quantitative estimate of drug-likeness (QED) is 0.389. The maximum Gasteiger partial charge on any atom is -1.00 e. The van der Waals surface area contributed by atoms with Crippen molar-refractivity contribution in [1.29, 1.82) is 0 Å². The normalized spacial score (nSPS) is 12.9. The fourth-order valence-electron chi connectivity index (χ4n) is 3.60. The third-order valence-electron chi connectivity index (χ3n) is 5.11. The van der Waals surface area contributed by atoms with Crippen LogP contribution in [0.3, 0.4) is 0 Å². The number of halogens is 2. The van der Waals surface area contributed by atoms with Crippen LogP contribution in [0, 0.1) is 12.1 Å². The van der Waals surface area contributed by atoms with E-state index in [1.165, 1.54) is 57.6 Å². The maximum atomic E-state index is 3.55. The minimum atomic E-state index is 0. The van der Waals surface area contributed by atoms with Gasteiger partial charge in [-0.2, -0.15) is 35.4 Å². The first kappa shape index (κ1) is 29.3. The predicted molar refractivity (Wildman–Crippen MR) is 120 cm³/mol. The second-order valence-corrected chi connectivity index (χ2v) is 9.29. The van der Waals surface area contributed by atoms with Crippen LogP contribution in [0.25, 0.3) is 11.1 Å². The summed E-state index contributed by atoms with van der Waals surface area (Å²) in [5, 5.41) is 0. The predicted octanol–water partition coefficient (Wildman–Crippen LogP) is 0.932. The van der Waals surface area contributed by atoms with Gasteiger partial charge in [-0.25, -0.2) is 12.2 Å². The molecule has 0 unspecified atom stereocenters. The molecule has 0 radical (unpaired) electrons. The number of fused-ring (bicyclic) bond motifs is 3. The summed E-state index contributed by atoms with van der Waals surface area (Å²) in [6.07, 6.45) is 11.0. The second-order valence-electron chi connectivity index (χ2n) is 9.29. The van der Waals surface area contributed by atoms with Crippen molar-refractivity contribution in [3.63, 3.8) is 0 Å². The molecule has 3 heteroatoms. The van der Waals surface area contributed by atoms with Crippen molar-refractivity contribution < 1.29 is 49.0 Å². The van der Waals surface area contributed by atoms with Crippen LogP contribution >= 0.6 is 0 Å². The number of benzene rings is 2. The first-order valence-electron chi connectivity index (χ1n) is 9.93. The van der Waals surface area contributed by atoms with E-state index in [0.717, 1.165) is 12.8 Å². The molecular formula is C27H32Cl2Zr-2. The summed E-state index contributed by atoms with van der Waals surface area (Å²) >= 11 is 1.30. The van der Waals surface area contributed by atoms with Crippen molar-refractivity contribution in [3.05, 3.63) is 83.0 Å². The Balaban J connectivity index is 0.000000809. The standard InChI is InChI=1S/C21H25.C5H5.CH2.2ClH.Zr/c1-20(2,3)15-11-10-14-12-18-16(17(14)13-15)8-7-9-19(18)21(4,5)6;1-2-4-5-3-1;;;;/h7-9,11,13H,12H2,1-6H3;1-3H,4H2;1H2;2*1H;/q2*-1;;;;+2/p-2. The van der Waals surface area contributed by atoms with E-state index in [2.05, 4.69) is 94.3 Å². The van der Waals surface area contributed by atoms with Gasteiger partial charge in [0.2, 0.25) is 0 Å². The van der Waals surface area contributed by atoms with Gasteiger partial charge in [-0.3, -0.25) is 6.08 Å². The first-order chi connectivity index (χ1) is 13.2. The zero-order chi connectivity index (χ0) is 20.9. The smallest absolute Gasteiger partial charge is 1.00 e. The molecule has 160 valence electrons. The molecule has 2 aromatic carbocycles. The van der Waals surface area contributed by atoms with Crippen molar-refractivity contribution >= 4 is 4.21 Å². The average Bonchev–Trinajstić information content (AvgIpc) is 3.32. The van der Waals surface area contributed by atoms with Gasteiger partial charge >= 0.3 is 28.4 Å². The van der Waals surface area contributed by atoms with Crippen molar-refractivity contribution in [2.75, 3.05) is 0 Å². The van der Waals surface area contributed by atoms with Crippen molar-refractivity contribution in [3.8, 4) is 11.1 Å². The molecule has 0 amide bonds. The van der Waals surface area contributed by atoms with Gasteiger partial charge in [0.25, 0.3) is 0 Å². The summed E-state index contributed by atoms with van der Waals surface area (Å²) in [6.45, 7) is 13.7. The molecule has 2 aliphatic carbocycles. The maximum absolute atomic E-state index is 3.55. The third-order valence-corrected chi connectivity index (χ3v) is 5.11. The molecule has 30 heavy (non-hydrogen) atoms. The van der Waals surface area contributed by atoms with Gasteiger partial charge < -0.3 is 24.8 Å². The van der Waals surface area contributed by atoms with Crippen molar-refractivity contribution in [1.82, 2.24) is 0 Å². The van der Waals surface area contributed by atoms with Gasteiger partial charge in [0.05, 0.1) is 0 Å². The summed E-state index contributed by atoms with van der Waals surface area (Å²) < 4.78 is 3.34. The Labute approximate surface area is 211 Å². The topological polar surface area (TPSA) is 0 Å². The van der Waals surface area contributed by atoms with E-state index in [9.17, 15) is 0 Å². The molecule has 0 atom stereocenters. The SMILES string of the molecule is CC(C)(C)c1c[c-]c2c(c1)-c1cccc(C(C)(C)C)c1C2.[C-]1=CC=CC1.[CH2]=[Zr+2].[Cl-].[Cl-]. The van der Waals surface area contributed by atoms with Crippen LogP contribution in [0.5, 0.6) is 0 Å². The molecule has 0 spiro atoms. The second kappa shape index (κ2) is 12.3. The minimum absolute atomic E-state index is 0. The Morgan fingerprint density at radius 2 is 1.60 bits per heavy atom. The molecule has 2 aliphatic rings. The molecular weight excluding hydrogens is 486 g/mol. The third kappa shape index (κ3) is 7.15. The molecule has 0 heterocycles. The van der Waals surface area contributed by atoms with Crippen LogP contribution in [-0.4, -0.2) is 4.21 Å². The Kier molecular flexibility index (Phi) is 12.0. The van der Waals surface area contributed by atoms with Gasteiger partial charge in [-0.15, -0.1) is 12.0 Å². The largest absolute Gasteiger partial charge is 1.00 e. The molecule has 0 saturated carbocycles. The van der Waals surface area contributed by atoms with Gasteiger partial charge in [-0.05, 0) is 23.0 Å². The first-order valence-corrected chi connectivity index (χ1v) is 11.7. The van der Waals surface area contributed by atoms with E-state index in [-0.39, 0.29) is 35.6 Å². The fourth-order valence-corrected chi connectivity index (χ4v) is 3.60. The van der Waals surface area contributed by atoms with Gasteiger partial charge in [0.15, 0.2) is 0 Å². The molecule has 0 aliphatic heterocycles. The van der Waals surface area contributed by atoms with Crippen LogP contribution < -0.4 is 24.8 Å². The van der Waals surface area contributed by atoms with Crippen molar-refractivity contribution in [2.45, 2.75) is 65.2 Å². The summed E-state index contributed by atoms with van der Waals surface area (Å²) in [4.78, 5) is 0. The Morgan fingerprint density at radius 3 is 2.07 bits per heavy atom. The van der Waals surface area contributed by atoms with Gasteiger partial charge in [-0.1, -0.05) is 70.7 Å². The average molecular weight is 519 g/mol. The number of hydrogen-bond donors (Lipinski definition) is 0. The van der Waals surface area contributed by atoms with Crippen LogP contribution in [0.2, 0.25) is 0 Å². The van der Waals surface area contributed by atoms with Crippen LogP contribution in [0.4, 0.5) is 0 Å². The van der Waals surface area contributed by atoms with E-state index >= 15 is 0 Å². The number of hydrogen-bond acceptors (Lipinski definition) is 0. The van der Waals surface area contributed by atoms with Crippen molar-refractivity contribution in [2.24, 2.45) is 0 Å². The summed E-state index contributed by atoms with van der Waals surface area (Å²) in [7, 11) is 0. The van der Waals surface area contributed by atoms with Gasteiger partial charge in [0.1, 0.15) is 0 Å². The molecule has 0 fully saturated rings. The van der Waals surface area contributed by atoms with E-state index < -0.39 is 0 Å². The van der Waals surface area contributed by atoms with Crippen LogP contribution in [0.1, 0.15) is 70.2 Å². The zero-order valence-electron chi connectivity index (χ0n) is 19.0. The monoisotopic (exact) mass is 516 g/mol. The fraction of sp³-hybridized carbons (Fsp3) is 0.370. The molecule has 0 bridgehead atoms. The summed E-state index contributed by atoms with van der Waals surface area (Å²) in [6, 6.07) is 14.9. The van der Waals surface area contributed by atoms with E-state index in [0.29, 0.717) is 0 Å². The molecule has 0 nitrogen and oxygen atoms in total. The molecule has 2 aromatic rings. The number of rotatable bonds is 0. The van der Waals surface area contributed by atoms with E-state index in [1.807, 2.05) is 12.2 Å². The van der Waals surface area contributed by atoms with E-state index in [1.54, 1.807) is 0 Å². The Morgan fingerprint density at radius 1 is 0.933 bits per heavy atom. The summed E-state index contributed by atoms with van der Waals surface area (Å²) in [5.41, 5.74) is 8.88. The molecule has 4 rings (SSSR count). The Bertz CT molecular complexity index is 871. The molecule has 0 saturated heterocycles. The summed E-state index contributed by atoms with van der Waals surface area (Å²) in [5.74, 6) is 0. The zero-order valence-corrected chi connectivity index (χ0v) is 23.0.